The fraction of sp³-hybridized carbons (Fsp3) is 0.450. The van der Waals surface area contributed by atoms with Crippen molar-refractivity contribution in [2.75, 3.05) is 0 Å². The van der Waals surface area contributed by atoms with Gasteiger partial charge in [-0.05, 0) is 25.1 Å². The Morgan fingerprint density at radius 1 is 1.33 bits per heavy atom. The van der Waals surface area contributed by atoms with Gasteiger partial charge in [-0.2, -0.15) is 0 Å². The van der Waals surface area contributed by atoms with Gasteiger partial charge in [-0.25, -0.2) is 9.18 Å². The van der Waals surface area contributed by atoms with E-state index in [0.717, 1.165) is 4.90 Å². The van der Waals surface area contributed by atoms with Crippen LogP contribution in [0, 0.1) is 5.92 Å². The number of nitrogens with zero attached hydrogens (tertiary/aromatic N) is 1. The van der Waals surface area contributed by atoms with Gasteiger partial charge in [-0.1, -0.05) is 32.0 Å². The molecule has 1 aromatic carbocycles. The van der Waals surface area contributed by atoms with E-state index < -0.39 is 35.5 Å². The van der Waals surface area contributed by atoms with E-state index in [1.165, 1.54) is 12.3 Å². The first kappa shape index (κ1) is 19.2. The van der Waals surface area contributed by atoms with Gasteiger partial charge in [0.15, 0.2) is 17.6 Å². The highest BCUT2D eigenvalue weighted by Gasteiger charge is 2.64. The van der Waals surface area contributed by atoms with Crippen LogP contribution in [-0.2, 0) is 19.1 Å². The quantitative estimate of drug-likeness (QED) is 0.598. The second kappa shape index (κ2) is 6.88. The van der Waals surface area contributed by atoms with Crippen LogP contribution in [0.4, 0.5) is 4.39 Å². The number of hydrogen-bond donors (Lipinski definition) is 0. The Morgan fingerprint density at radius 2 is 2.00 bits per heavy atom. The Balaban J connectivity index is 1.97. The molecule has 1 fully saturated rings. The molecular formula is C20H22FNO5. The first-order valence-electron chi connectivity index (χ1n) is 8.88. The highest BCUT2D eigenvalue weighted by Crippen LogP contribution is 2.49. The van der Waals surface area contributed by atoms with Gasteiger partial charge >= 0.3 is 5.97 Å². The Labute approximate surface area is 156 Å². The van der Waals surface area contributed by atoms with Gasteiger partial charge in [0.05, 0.1) is 17.9 Å². The lowest BCUT2D eigenvalue weighted by Crippen LogP contribution is -2.54. The zero-order valence-corrected chi connectivity index (χ0v) is 15.5. The average Bonchev–Trinajstić information content (AvgIpc) is 2.84. The minimum Gasteiger partial charge on any atom is -0.450 e. The number of ketones is 1. The summed E-state index contributed by atoms with van der Waals surface area (Å²) in [5.74, 6) is -4.42. The number of halogens is 1. The maximum atomic E-state index is 15.3. The number of benzene rings is 1. The molecule has 1 saturated heterocycles. The average molecular weight is 375 g/mol. The van der Waals surface area contributed by atoms with Crippen LogP contribution in [0.25, 0.3) is 0 Å². The molecule has 0 unspecified atom stereocenters. The molecule has 6 nitrogen and oxygen atoms in total. The number of amides is 1. The molecule has 4 atom stereocenters. The molecule has 0 bridgehead atoms. The van der Waals surface area contributed by atoms with E-state index in [1.54, 1.807) is 51.1 Å². The normalized spacial score (nSPS) is 33.4. The maximum Gasteiger partial charge on any atom is 0.338 e. The number of esters is 1. The van der Waals surface area contributed by atoms with Crippen LogP contribution in [0.5, 0.6) is 0 Å². The zero-order chi connectivity index (χ0) is 19.8. The molecule has 1 aromatic rings. The molecule has 144 valence electrons. The minimum absolute atomic E-state index is 0.0216. The molecule has 0 saturated carbocycles. The largest absolute Gasteiger partial charge is 0.450 e. The number of allylic oxidation sites excluding steroid dienone is 1. The van der Waals surface area contributed by atoms with Gasteiger partial charge in [0.25, 0.3) is 0 Å². The van der Waals surface area contributed by atoms with Gasteiger partial charge in [0, 0.05) is 12.6 Å². The lowest BCUT2D eigenvalue weighted by atomic mass is 9.84. The Kier molecular flexibility index (Phi) is 4.90. The first-order chi connectivity index (χ1) is 12.7. The number of alkyl halides is 1. The van der Waals surface area contributed by atoms with Crippen molar-refractivity contribution in [2.24, 2.45) is 5.92 Å². The van der Waals surface area contributed by atoms with Crippen molar-refractivity contribution in [3.8, 4) is 0 Å². The fourth-order valence-corrected chi connectivity index (χ4v) is 3.50. The van der Waals surface area contributed by atoms with Gasteiger partial charge in [0.1, 0.15) is 0 Å². The van der Waals surface area contributed by atoms with Crippen molar-refractivity contribution >= 4 is 17.7 Å². The summed E-state index contributed by atoms with van der Waals surface area (Å²) in [5, 5.41) is 0. The third kappa shape index (κ3) is 3.27. The molecular weight excluding hydrogens is 353 g/mol. The van der Waals surface area contributed by atoms with E-state index in [1.807, 2.05) is 0 Å². The van der Waals surface area contributed by atoms with Crippen molar-refractivity contribution in [1.29, 1.82) is 0 Å². The highest BCUT2D eigenvalue weighted by molar-refractivity contribution is 6.06. The zero-order valence-electron chi connectivity index (χ0n) is 15.5. The van der Waals surface area contributed by atoms with Crippen LogP contribution in [-0.4, -0.2) is 40.2 Å². The second-order valence-electron chi connectivity index (χ2n) is 7.03. The summed E-state index contributed by atoms with van der Waals surface area (Å²) >= 11 is 0. The fourth-order valence-electron chi connectivity index (χ4n) is 3.50. The summed E-state index contributed by atoms with van der Waals surface area (Å²) in [6.07, 6.45) is 1.01. The Morgan fingerprint density at radius 3 is 2.59 bits per heavy atom. The summed E-state index contributed by atoms with van der Waals surface area (Å²) in [5.41, 5.74) is -1.13. The summed E-state index contributed by atoms with van der Waals surface area (Å²) in [7, 11) is 0. The van der Waals surface area contributed by atoms with Gasteiger partial charge in [-0.3, -0.25) is 14.5 Å². The van der Waals surface area contributed by atoms with Crippen LogP contribution in [0.15, 0.2) is 42.6 Å². The molecule has 3 rings (SSSR count). The first-order valence-corrected chi connectivity index (χ1v) is 8.88. The highest BCUT2D eigenvalue weighted by atomic mass is 19.2. The monoisotopic (exact) mass is 375 g/mol. The third-order valence-electron chi connectivity index (χ3n) is 5.40. The van der Waals surface area contributed by atoms with Crippen molar-refractivity contribution in [3.63, 3.8) is 0 Å². The number of ether oxygens (including phenoxy) is 2. The van der Waals surface area contributed by atoms with E-state index in [4.69, 9.17) is 9.47 Å². The van der Waals surface area contributed by atoms with Crippen LogP contribution in [0.2, 0.25) is 0 Å². The summed E-state index contributed by atoms with van der Waals surface area (Å²) in [6.45, 7) is 4.76. The van der Waals surface area contributed by atoms with E-state index >= 15 is 4.39 Å². The topological polar surface area (TPSA) is 72.9 Å². The number of carbonyl (C=O) groups excluding carboxylic acids is 3. The van der Waals surface area contributed by atoms with Gasteiger partial charge < -0.3 is 9.47 Å². The third-order valence-corrected chi connectivity index (χ3v) is 5.40. The Bertz CT molecular complexity index is 795. The molecule has 2 aliphatic rings. The van der Waals surface area contributed by atoms with Crippen molar-refractivity contribution < 1.29 is 28.2 Å². The molecule has 0 radical (unpaired) electrons. The molecule has 0 aliphatic carbocycles. The van der Waals surface area contributed by atoms with Gasteiger partial charge in [-0.15, -0.1) is 0 Å². The summed E-state index contributed by atoms with van der Waals surface area (Å²) in [4.78, 5) is 37.6. The molecule has 27 heavy (non-hydrogen) atoms. The molecule has 0 N–H and O–H groups in total. The molecule has 1 amide bonds. The number of hydrogen-bond acceptors (Lipinski definition) is 5. The summed E-state index contributed by atoms with van der Waals surface area (Å²) in [6, 6.07) is 8.33. The van der Waals surface area contributed by atoms with E-state index in [-0.39, 0.29) is 18.6 Å². The standard InChI is InChI=1S/C20H22FNO5/c1-4-20(21)13(2)19(3,26-17(25)14-8-6-5-7-9-14)18(27-20)22-11-10-15(23)12-16(22)24/h5-11,13,18H,4,12H2,1-3H3/t13-,18+,19+,20+/m0/s1. The second-order valence-corrected chi connectivity index (χ2v) is 7.03. The van der Waals surface area contributed by atoms with Gasteiger partial charge in [0.2, 0.25) is 11.8 Å². The van der Waals surface area contributed by atoms with Crippen molar-refractivity contribution in [2.45, 2.75) is 51.3 Å². The Hall–Kier alpha value is -2.54. The van der Waals surface area contributed by atoms with Crippen molar-refractivity contribution in [3.05, 3.63) is 48.2 Å². The number of rotatable bonds is 4. The molecule has 2 heterocycles. The predicted octanol–water partition coefficient (Wildman–Crippen LogP) is 2.99. The minimum atomic E-state index is -2.08. The van der Waals surface area contributed by atoms with E-state index in [0.29, 0.717) is 5.56 Å². The van der Waals surface area contributed by atoms with Crippen LogP contribution in [0.1, 0.15) is 44.0 Å². The number of carbonyl (C=O) groups is 3. The van der Waals surface area contributed by atoms with E-state index in [9.17, 15) is 14.4 Å². The lowest BCUT2D eigenvalue weighted by Gasteiger charge is -2.38. The van der Waals surface area contributed by atoms with Crippen LogP contribution < -0.4 is 0 Å². The smallest absolute Gasteiger partial charge is 0.338 e. The molecule has 0 aromatic heterocycles. The van der Waals surface area contributed by atoms with Crippen molar-refractivity contribution in [1.82, 2.24) is 4.90 Å². The van der Waals surface area contributed by atoms with E-state index in [2.05, 4.69) is 0 Å². The molecule has 2 aliphatic heterocycles. The lowest BCUT2D eigenvalue weighted by molar-refractivity contribution is -0.191. The van der Waals surface area contributed by atoms with Crippen LogP contribution >= 0.6 is 0 Å². The summed E-state index contributed by atoms with van der Waals surface area (Å²) < 4.78 is 26.7. The molecule has 7 heteroatoms. The molecule has 0 spiro atoms. The SMILES string of the molecule is CC[C@@]1(F)O[C@@H](N2C=CC(=O)CC2=O)[C@](C)(OC(=O)c2ccccc2)[C@@H]1C. The van der Waals surface area contributed by atoms with Crippen LogP contribution in [0.3, 0.4) is 0 Å². The predicted molar refractivity (Wildman–Crippen MR) is 94.0 cm³/mol. The maximum absolute atomic E-state index is 15.3.